The normalized spacial score (nSPS) is 5.62. The van der Waals surface area contributed by atoms with Gasteiger partial charge in [-0.1, -0.05) is 6.92 Å². The summed E-state index contributed by atoms with van der Waals surface area (Å²) in [5.74, 6) is 0. The third kappa shape index (κ3) is 5890. The Labute approximate surface area is 119 Å². The molecule has 0 saturated carbocycles. The van der Waals surface area contributed by atoms with Gasteiger partial charge in [-0.25, -0.2) is 0 Å². The maximum Gasteiger partial charge on any atom is 0.0402 e. The maximum atomic E-state index is 8.93. The fraction of sp³-hybridized carbons (Fsp3) is 1.00. The average molecular weight is 321 g/mol. The summed E-state index contributed by atoms with van der Waals surface area (Å²) in [6.07, 6.45) is 0. The Morgan fingerprint density at radius 3 is 0.625 bits per heavy atom. The Morgan fingerprint density at radius 2 is 0.625 bits per heavy atom. The van der Waals surface area contributed by atoms with E-state index in [1.165, 1.54) is 0 Å². The van der Waals surface area contributed by atoms with Gasteiger partial charge in [0.2, 0.25) is 0 Å². The van der Waals surface area contributed by atoms with Crippen LogP contribution in [-0.4, -0.2) is 53.5 Å². The van der Waals surface area contributed by atoms with Crippen LogP contribution < -0.4 is 5.11 Å². The van der Waals surface area contributed by atoms with E-state index >= 15 is 0 Å². The molecule has 16 heavy (non-hydrogen) atoms. The van der Waals surface area contributed by atoms with Crippen molar-refractivity contribution in [2.45, 2.75) is 34.6 Å². The van der Waals surface area contributed by atoms with Crippen LogP contribution >= 0.6 is 0 Å². The molecule has 0 heterocycles. The van der Waals surface area contributed by atoms with Crippen LogP contribution in [0.1, 0.15) is 34.6 Å². The van der Waals surface area contributed by atoms with E-state index in [1.807, 2.05) is 0 Å². The molecule has 0 aliphatic rings. The number of rotatable bonds is 0. The van der Waals surface area contributed by atoms with E-state index < -0.39 is 0 Å². The van der Waals surface area contributed by atoms with Gasteiger partial charge in [-0.05, 0) is 27.7 Å². The van der Waals surface area contributed by atoms with Gasteiger partial charge in [-0.15, -0.1) is 6.61 Å². The van der Waals surface area contributed by atoms with Crippen molar-refractivity contribution in [3.63, 3.8) is 0 Å². The average Bonchev–Trinajstić information content (AvgIpc) is 2.09. The Kier molecular flexibility index (Phi) is 235. The molecule has 0 unspecified atom stereocenters. The number of hydrogen-bond acceptors (Lipinski definition) is 5. The Morgan fingerprint density at radius 1 is 0.625 bits per heavy atom. The zero-order chi connectivity index (χ0) is 13.5. The molecule has 0 saturated heterocycles. The molecule has 0 rings (SSSR count). The number of aliphatic hydroxyl groups excluding tert-OH is 4. The van der Waals surface area contributed by atoms with Crippen molar-refractivity contribution in [2.75, 3.05) is 33.0 Å². The van der Waals surface area contributed by atoms with Gasteiger partial charge in [-0.2, -0.15) is 0 Å². The van der Waals surface area contributed by atoms with Crippen LogP contribution in [0.3, 0.4) is 0 Å². The molecule has 6 heteroatoms. The largest absolute Gasteiger partial charge is 0.855 e. The molecule has 0 aliphatic carbocycles. The summed E-state index contributed by atoms with van der Waals surface area (Å²) in [5, 5.41) is 39.2. The molecule has 0 aromatic heterocycles. The van der Waals surface area contributed by atoms with Gasteiger partial charge >= 0.3 is 0 Å². The molecule has 0 bridgehead atoms. The smallest absolute Gasteiger partial charge is 0.0402 e. The van der Waals surface area contributed by atoms with Gasteiger partial charge in [-0.3, -0.25) is 0 Å². The van der Waals surface area contributed by atoms with E-state index in [9.17, 15) is 0 Å². The van der Waals surface area contributed by atoms with Gasteiger partial charge in [0.25, 0.3) is 0 Å². The molecule has 104 valence electrons. The summed E-state index contributed by atoms with van der Waals surface area (Å²) in [6.45, 7) is 9.29. The van der Waals surface area contributed by atoms with Gasteiger partial charge in [0.05, 0.1) is 0 Å². The Hall–Kier alpha value is 0.683. The quantitative estimate of drug-likeness (QED) is 0.475. The van der Waals surface area contributed by atoms with Crippen LogP contribution in [0.25, 0.3) is 0 Å². The maximum absolute atomic E-state index is 8.93. The molecule has 0 atom stereocenters. The van der Waals surface area contributed by atoms with E-state index in [-0.39, 0.29) is 59.2 Å². The molecule has 0 amide bonds. The summed E-state index contributed by atoms with van der Waals surface area (Å²) < 4.78 is 0. The van der Waals surface area contributed by atoms with Crippen molar-refractivity contribution in [2.24, 2.45) is 0 Å². The minimum absolute atomic E-state index is 0. The molecule has 4 N–H and O–H groups in total. The summed E-state index contributed by atoms with van der Waals surface area (Å²) in [4.78, 5) is 0. The van der Waals surface area contributed by atoms with Crippen LogP contribution in [0.4, 0.5) is 0 Å². The molecular weight excluding hydrogens is 291 g/mol. The van der Waals surface area contributed by atoms with Crippen LogP contribution in [0.2, 0.25) is 0 Å². The molecule has 0 aromatic rings. The molecule has 0 aliphatic heterocycles. The third-order valence-corrected chi connectivity index (χ3v) is 0. The van der Waals surface area contributed by atoms with Crippen molar-refractivity contribution in [3.8, 4) is 0 Å². The van der Waals surface area contributed by atoms with E-state index in [0.29, 0.717) is 0 Å². The van der Waals surface area contributed by atoms with E-state index in [0.717, 1.165) is 0 Å². The monoisotopic (exact) mass is 319 g/mol. The van der Waals surface area contributed by atoms with Crippen LogP contribution in [0.15, 0.2) is 0 Å². The second kappa shape index (κ2) is 105. The molecular formula is C10H29O5Zr-. The second-order valence-corrected chi connectivity index (χ2v) is 1.55. The minimum Gasteiger partial charge on any atom is -0.855 e. The topological polar surface area (TPSA) is 104 Å². The zero-order valence-electron chi connectivity index (χ0n) is 11.2. The Balaban J connectivity index is -0.0000000192. The van der Waals surface area contributed by atoms with E-state index in [1.54, 1.807) is 34.6 Å². The molecule has 0 aromatic carbocycles. The van der Waals surface area contributed by atoms with Crippen LogP contribution in [0.5, 0.6) is 0 Å². The first-order chi connectivity index (χ1) is 7.07. The van der Waals surface area contributed by atoms with Crippen molar-refractivity contribution < 1.29 is 51.7 Å². The first-order valence-corrected chi connectivity index (χ1v) is 5.09. The predicted octanol–water partition coefficient (Wildman–Crippen LogP) is -0.641. The number of hydrogen-bond donors (Lipinski definition) is 4. The van der Waals surface area contributed by atoms with Gasteiger partial charge in [0.1, 0.15) is 0 Å². The Bertz CT molecular complexity index is 30.8. The van der Waals surface area contributed by atoms with Gasteiger partial charge < -0.3 is 25.5 Å². The second-order valence-electron chi connectivity index (χ2n) is 1.55. The SMILES string of the molecule is CCO.CCO.CCO.CCO.CC[O-].[Zr]. The third-order valence-electron chi connectivity index (χ3n) is 0. The molecule has 5 nitrogen and oxygen atoms in total. The van der Waals surface area contributed by atoms with Crippen molar-refractivity contribution in [3.05, 3.63) is 0 Å². The summed E-state index contributed by atoms with van der Waals surface area (Å²) in [5.41, 5.74) is 0. The van der Waals surface area contributed by atoms with Gasteiger partial charge in [0.15, 0.2) is 0 Å². The molecule has 0 radical (unpaired) electrons. The van der Waals surface area contributed by atoms with Gasteiger partial charge in [0, 0.05) is 52.6 Å². The predicted molar refractivity (Wildman–Crippen MR) is 61.6 cm³/mol. The minimum atomic E-state index is 0. The van der Waals surface area contributed by atoms with Crippen molar-refractivity contribution in [1.29, 1.82) is 0 Å². The standard InChI is InChI=1S/4C2H6O.C2H5O.Zr/c5*1-2-3;/h4*3H,2H2,1H3;2H2,1H3;/q;;;;-1;. The summed E-state index contributed by atoms with van der Waals surface area (Å²) >= 11 is 0. The fourth-order valence-corrected chi connectivity index (χ4v) is 0. The first-order valence-electron chi connectivity index (χ1n) is 5.09. The summed E-state index contributed by atoms with van der Waals surface area (Å²) in [7, 11) is 0. The molecule has 0 spiro atoms. The number of aliphatic hydroxyl groups is 4. The van der Waals surface area contributed by atoms with Crippen molar-refractivity contribution in [1.82, 2.24) is 0 Å². The van der Waals surface area contributed by atoms with Crippen molar-refractivity contribution >= 4 is 0 Å². The van der Waals surface area contributed by atoms with Crippen LogP contribution in [-0.2, 0) is 26.2 Å². The molecule has 0 fully saturated rings. The first kappa shape index (κ1) is 36.0. The van der Waals surface area contributed by atoms with E-state index in [4.69, 9.17) is 25.5 Å². The summed E-state index contributed by atoms with van der Waals surface area (Å²) in [6, 6.07) is 0. The zero-order valence-corrected chi connectivity index (χ0v) is 13.7. The van der Waals surface area contributed by atoms with E-state index in [2.05, 4.69) is 0 Å². The van der Waals surface area contributed by atoms with Crippen LogP contribution in [0, 0.1) is 0 Å². The fourth-order valence-electron chi connectivity index (χ4n) is 0.